The first-order valence-corrected chi connectivity index (χ1v) is 13.3. The fourth-order valence-corrected chi connectivity index (χ4v) is 4.58. The summed E-state index contributed by atoms with van der Waals surface area (Å²) >= 11 is 0. The number of hydrogen-bond acceptors (Lipinski definition) is 0. The molecule has 0 fully saturated rings. The average Bonchev–Trinajstić information content (AvgIpc) is 2.93. The van der Waals surface area contributed by atoms with Crippen molar-refractivity contribution >= 4 is 12.2 Å². The minimum absolute atomic E-state index is 0.539. The van der Waals surface area contributed by atoms with Gasteiger partial charge in [0.15, 0.2) is 0 Å². The highest BCUT2D eigenvalue weighted by molar-refractivity contribution is 5.69. The van der Waals surface area contributed by atoms with E-state index in [4.69, 9.17) is 0 Å². The van der Waals surface area contributed by atoms with Crippen LogP contribution in [0.25, 0.3) is 12.2 Å². The van der Waals surface area contributed by atoms with E-state index in [9.17, 15) is 0 Å². The van der Waals surface area contributed by atoms with Crippen LogP contribution in [-0.4, -0.2) is 0 Å². The third-order valence-corrected chi connectivity index (χ3v) is 6.90. The lowest BCUT2D eigenvalue weighted by Gasteiger charge is -2.12. The quantitative estimate of drug-likeness (QED) is 0.151. The summed E-state index contributed by atoms with van der Waals surface area (Å²) in [6, 6.07) is 37.9. The summed E-state index contributed by atoms with van der Waals surface area (Å²) in [5.41, 5.74) is 9.50. The maximum absolute atomic E-state index is 2.31. The number of aryl methyl sites for hydroxylation is 3. The fourth-order valence-electron chi connectivity index (χ4n) is 4.58. The van der Waals surface area contributed by atoms with E-state index in [1.165, 1.54) is 38.9 Å². The Balaban J connectivity index is 1.24. The van der Waals surface area contributed by atoms with E-state index < -0.39 is 0 Å². The van der Waals surface area contributed by atoms with E-state index in [0.717, 1.165) is 32.1 Å². The van der Waals surface area contributed by atoms with Gasteiger partial charge in [-0.1, -0.05) is 134 Å². The van der Waals surface area contributed by atoms with Crippen molar-refractivity contribution in [1.82, 2.24) is 0 Å². The zero-order valence-electron chi connectivity index (χ0n) is 21.7. The van der Waals surface area contributed by atoms with Crippen LogP contribution in [0.5, 0.6) is 0 Å². The van der Waals surface area contributed by atoms with Crippen LogP contribution in [0.15, 0.2) is 115 Å². The number of rotatable bonds is 11. The summed E-state index contributed by atoms with van der Waals surface area (Å²) in [6.07, 6.45) is 14.2. The second-order valence-electron chi connectivity index (χ2n) is 9.76. The molecule has 0 aliphatic heterocycles. The molecule has 0 aromatic heterocycles. The van der Waals surface area contributed by atoms with Crippen molar-refractivity contribution in [3.05, 3.63) is 154 Å². The molecule has 0 saturated carbocycles. The lowest BCUT2D eigenvalue weighted by atomic mass is 9.93. The zero-order valence-corrected chi connectivity index (χ0v) is 21.7. The van der Waals surface area contributed by atoms with Gasteiger partial charge in [0.05, 0.1) is 0 Å². The fraction of sp³-hybridized carbons (Fsp3) is 0.222. The average molecular weight is 471 g/mol. The van der Waals surface area contributed by atoms with Crippen molar-refractivity contribution in [2.45, 2.75) is 51.9 Å². The molecule has 0 heteroatoms. The number of hydrogen-bond donors (Lipinski definition) is 0. The predicted molar refractivity (Wildman–Crippen MR) is 157 cm³/mol. The van der Waals surface area contributed by atoms with Gasteiger partial charge in [-0.25, -0.2) is 0 Å². The molecule has 36 heavy (non-hydrogen) atoms. The Bertz CT molecular complexity index is 1220. The maximum Gasteiger partial charge on any atom is -0.0150 e. The van der Waals surface area contributed by atoms with Crippen molar-refractivity contribution in [3.8, 4) is 0 Å². The third-order valence-electron chi connectivity index (χ3n) is 6.90. The first-order valence-electron chi connectivity index (χ1n) is 13.3. The molecule has 4 aromatic carbocycles. The largest absolute Gasteiger partial charge is 0.0917 e. The Morgan fingerprint density at radius 3 is 1.56 bits per heavy atom. The lowest BCUT2D eigenvalue weighted by Crippen LogP contribution is -1.99. The maximum atomic E-state index is 2.31. The van der Waals surface area contributed by atoms with Crippen LogP contribution in [-0.2, 0) is 25.7 Å². The summed E-state index contributed by atoms with van der Waals surface area (Å²) < 4.78 is 0. The van der Waals surface area contributed by atoms with Gasteiger partial charge in [0.1, 0.15) is 0 Å². The van der Waals surface area contributed by atoms with Gasteiger partial charge in [0, 0.05) is 0 Å². The van der Waals surface area contributed by atoms with Crippen LogP contribution in [0.3, 0.4) is 0 Å². The summed E-state index contributed by atoms with van der Waals surface area (Å²) in [6.45, 7) is 4.39. The van der Waals surface area contributed by atoms with Crippen LogP contribution in [0.4, 0.5) is 0 Å². The van der Waals surface area contributed by atoms with Crippen molar-refractivity contribution in [1.29, 1.82) is 0 Å². The smallest absolute Gasteiger partial charge is 0.0150 e. The molecule has 1 atom stereocenters. The Kier molecular flexibility index (Phi) is 9.51. The summed E-state index contributed by atoms with van der Waals surface area (Å²) in [5, 5.41) is 0. The number of allylic oxidation sites excluding steroid dienone is 2. The summed E-state index contributed by atoms with van der Waals surface area (Å²) in [7, 11) is 0. The molecule has 0 saturated heterocycles. The Labute approximate surface area is 218 Å². The first-order chi connectivity index (χ1) is 17.7. The van der Waals surface area contributed by atoms with Crippen molar-refractivity contribution in [2.24, 2.45) is 0 Å². The van der Waals surface area contributed by atoms with Crippen molar-refractivity contribution in [2.75, 3.05) is 0 Å². The SMILES string of the molecule is C/C=C/CCc1ccc(/C=C/c2ccc(CCc3ccc(CC(C)c4ccccc4)cc3)cc2)cc1. The van der Waals surface area contributed by atoms with Crippen LogP contribution in [0.1, 0.15) is 65.1 Å². The molecule has 0 bridgehead atoms. The lowest BCUT2D eigenvalue weighted by molar-refractivity contribution is 0.758. The van der Waals surface area contributed by atoms with Crippen molar-refractivity contribution in [3.63, 3.8) is 0 Å². The van der Waals surface area contributed by atoms with Gasteiger partial charge in [-0.3, -0.25) is 0 Å². The highest BCUT2D eigenvalue weighted by atomic mass is 14.1. The molecule has 0 spiro atoms. The molecule has 182 valence electrons. The summed E-state index contributed by atoms with van der Waals surface area (Å²) in [5.74, 6) is 0.539. The third kappa shape index (κ3) is 7.95. The predicted octanol–water partition coefficient (Wildman–Crippen LogP) is 9.50. The molecule has 0 heterocycles. The molecule has 4 rings (SSSR count). The van der Waals surface area contributed by atoms with E-state index in [-0.39, 0.29) is 0 Å². The van der Waals surface area contributed by atoms with Crippen LogP contribution >= 0.6 is 0 Å². The standard InChI is InChI=1S/C36H38/c1-3-4-6-9-30-12-14-31(15-13-30)16-17-32-18-20-33(21-19-32)22-23-34-24-26-35(27-25-34)28-29(2)36-10-7-5-8-11-36/h3-5,7-8,10-21,24-27,29H,6,9,22-23,28H2,1-2H3/b4-3+,17-16+. The van der Waals surface area contributed by atoms with E-state index in [0.29, 0.717) is 5.92 Å². The molecule has 0 N–H and O–H groups in total. The normalized spacial score (nSPS) is 12.4. The Morgan fingerprint density at radius 2 is 1.03 bits per heavy atom. The number of benzene rings is 4. The molecular formula is C36H38. The monoisotopic (exact) mass is 470 g/mol. The van der Waals surface area contributed by atoms with E-state index in [2.05, 4.69) is 141 Å². The van der Waals surface area contributed by atoms with Crippen LogP contribution in [0, 0.1) is 0 Å². The minimum Gasteiger partial charge on any atom is -0.0917 e. The molecule has 0 nitrogen and oxygen atoms in total. The van der Waals surface area contributed by atoms with Gasteiger partial charge < -0.3 is 0 Å². The van der Waals surface area contributed by atoms with Crippen LogP contribution < -0.4 is 0 Å². The molecule has 0 amide bonds. The molecule has 0 aliphatic carbocycles. The van der Waals surface area contributed by atoms with E-state index in [1.54, 1.807) is 0 Å². The minimum atomic E-state index is 0.539. The van der Waals surface area contributed by atoms with Gasteiger partial charge >= 0.3 is 0 Å². The van der Waals surface area contributed by atoms with Gasteiger partial charge in [-0.15, -0.1) is 0 Å². The Hall–Kier alpha value is -3.64. The van der Waals surface area contributed by atoms with Crippen LogP contribution in [0.2, 0.25) is 0 Å². The second kappa shape index (κ2) is 13.4. The van der Waals surface area contributed by atoms with E-state index in [1.807, 2.05) is 0 Å². The first kappa shape index (κ1) is 25.5. The zero-order chi connectivity index (χ0) is 25.0. The molecular weight excluding hydrogens is 432 g/mol. The second-order valence-corrected chi connectivity index (χ2v) is 9.76. The van der Waals surface area contributed by atoms with E-state index >= 15 is 0 Å². The van der Waals surface area contributed by atoms with Gasteiger partial charge in [0.2, 0.25) is 0 Å². The van der Waals surface area contributed by atoms with Gasteiger partial charge in [-0.05, 0) is 83.9 Å². The topological polar surface area (TPSA) is 0 Å². The van der Waals surface area contributed by atoms with Gasteiger partial charge in [0.25, 0.3) is 0 Å². The molecule has 0 aliphatic rings. The summed E-state index contributed by atoms with van der Waals surface area (Å²) in [4.78, 5) is 0. The highest BCUT2D eigenvalue weighted by Crippen LogP contribution is 2.21. The van der Waals surface area contributed by atoms with Crippen molar-refractivity contribution < 1.29 is 0 Å². The molecule has 1 unspecified atom stereocenters. The molecule has 0 radical (unpaired) electrons. The highest BCUT2D eigenvalue weighted by Gasteiger charge is 2.06. The van der Waals surface area contributed by atoms with Gasteiger partial charge in [-0.2, -0.15) is 0 Å². The Morgan fingerprint density at radius 1 is 0.556 bits per heavy atom. The molecule has 4 aromatic rings.